The van der Waals surface area contributed by atoms with E-state index in [9.17, 15) is 9.59 Å². The molecule has 2 aromatic heterocycles. The Morgan fingerprint density at radius 1 is 0.852 bits per heavy atom. The fourth-order valence-corrected chi connectivity index (χ4v) is 5.69. The summed E-state index contributed by atoms with van der Waals surface area (Å²) in [5.41, 5.74) is 0.395. The molecule has 0 radical (unpaired) electrons. The van der Waals surface area contributed by atoms with Crippen LogP contribution >= 0.6 is 22.7 Å². The van der Waals surface area contributed by atoms with Crippen molar-refractivity contribution in [2.75, 3.05) is 10.6 Å². The van der Waals surface area contributed by atoms with Gasteiger partial charge in [0.15, 0.2) is 0 Å². The van der Waals surface area contributed by atoms with E-state index in [1.54, 1.807) is 0 Å². The van der Waals surface area contributed by atoms with E-state index in [2.05, 4.69) is 31.0 Å². The molecule has 8 nitrogen and oxygen atoms in total. The Bertz CT molecular complexity index is 777. The topological polar surface area (TPSA) is 110 Å². The molecule has 1 spiro atoms. The smallest absolute Gasteiger partial charge is 0.225 e. The highest BCUT2D eigenvalue weighted by atomic mass is 32.1. The van der Waals surface area contributed by atoms with E-state index in [-0.39, 0.29) is 11.8 Å². The lowest BCUT2D eigenvalue weighted by Gasteiger charge is -2.56. The number of aromatic nitrogens is 4. The van der Waals surface area contributed by atoms with Crippen molar-refractivity contribution in [3.63, 3.8) is 0 Å². The molecule has 0 aromatic carbocycles. The van der Waals surface area contributed by atoms with Crippen LogP contribution in [0.1, 0.15) is 74.2 Å². The lowest BCUT2D eigenvalue weighted by atomic mass is 9.48. The highest BCUT2D eigenvalue weighted by Crippen LogP contribution is 2.66. The Labute approximate surface area is 165 Å². The lowest BCUT2D eigenvalue weighted by Crippen LogP contribution is -2.45. The molecule has 2 N–H and O–H groups in total. The average Bonchev–Trinajstić information content (AvgIpc) is 3.22. The first-order valence-electron chi connectivity index (χ1n) is 9.27. The third kappa shape index (κ3) is 3.73. The zero-order valence-corrected chi connectivity index (χ0v) is 17.0. The summed E-state index contributed by atoms with van der Waals surface area (Å²) in [6.45, 7) is 3.64. The van der Waals surface area contributed by atoms with Gasteiger partial charge in [0.05, 0.1) is 0 Å². The molecule has 2 aliphatic carbocycles. The predicted octanol–water partition coefficient (Wildman–Crippen LogP) is 3.53. The molecule has 10 heteroatoms. The van der Waals surface area contributed by atoms with E-state index in [4.69, 9.17) is 0 Å². The van der Waals surface area contributed by atoms with Gasteiger partial charge < -0.3 is 10.6 Å². The van der Waals surface area contributed by atoms with Gasteiger partial charge in [-0.3, -0.25) is 9.59 Å². The molecule has 0 atom stereocenters. The molecule has 2 aromatic rings. The molecule has 0 aliphatic heterocycles. The molecule has 144 valence electrons. The van der Waals surface area contributed by atoms with Crippen molar-refractivity contribution in [1.29, 1.82) is 0 Å². The molecule has 2 aliphatic rings. The maximum Gasteiger partial charge on any atom is 0.225 e. The van der Waals surface area contributed by atoms with Crippen molar-refractivity contribution >= 4 is 44.8 Å². The standard InChI is InChI=1S/C17H22N6O2S2/c1-3-11(24)18-15-22-20-13(26-15)9-5-17(6-9)7-10(8-17)14-21-23-16(27-14)19-12(25)4-2/h9-10H,3-8H2,1-2H3,(H,18,22,24)(H,19,23,25)/t9-,10-,17?. The van der Waals surface area contributed by atoms with E-state index < -0.39 is 0 Å². The van der Waals surface area contributed by atoms with Crippen molar-refractivity contribution in [2.45, 2.75) is 64.2 Å². The van der Waals surface area contributed by atoms with Crippen LogP contribution in [0.5, 0.6) is 0 Å². The van der Waals surface area contributed by atoms with Crippen molar-refractivity contribution in [2.24, 2.45) is 5.41 Å². The van der Waals surface area contributed by atoms with Gasteiger partial charge in [-0.15, -0.1) is 20.4 Å². The van der Waals surface area contributed by atoms with Gasteiger partial charge >= 0.3 is 0 Å². The molecule has 2 amide bonds. The number of carbonyl (C=O) groups excluding carboxylic acids is 2. The Morgan fingerprint density at radius 2 is 1.26 bits per heavy atom. The summed E-state index contributed by atoms with van der Waals surface area (Å²) in [5.74, 6) is 0.835. The van der Waals surface area contributed by atoms with Gasteiger partial charge in [0.2, 0.25) is 22.1 Å². The second-order valence-electron chi connectivity index (χ2n) is 7.40. The second-order valence-corrected chi connectivity index (χ2v) is 9.42. The first-order valence-corrected chi connectivity index (χ1v) is 10.9. The SMILES string of the molecule is CCC(=O)Nc1nnc([C@H]2CC3(C[C@H](c4nnc(NC(=O)CC)s4)C3)C2)s1. The highest BCUT2D eigenvalue weighted by molar-refractivity contribution is 7.15. The number of nitrogens with one attached hydrogen (secondary N) is 2. The first-order chi connectivity index (χ1) is 13.0. The third-order valence-electron chi connectivity index (χ3n) is 5.43. The molecule has 2 heterocycles. The lowest BCUT2D eigenvalue weighted by molar-refractivity contribution is -0.116. The van der Waals surface area contributed by atoms with Crippen LogP contribution in [-0.2, 0) is 9.59 Å². The Morgan fingerprint density at radius 3 is 1.63 bits per heavy atom. The number of hydrogen-bond acceptors (Lipinski definition) is 8. The maximum atomic E-state index is 11.4. The summed E-state index contributed by atoms with van der Waals surface area (Å²) < 4.78 is 0. The summed E-state index contributed by atoms with van der Waals surface area (Å²) in [6.07, 6.45) is 5.38. The van der Waals surface area contributed by atoms with Gasteiger partial charge in [-0.2, -0.15) is 0 Å². The summed E-state index contributed by atoms with van der Waals surface area (Å²) in [7, 11) is 0. The van der Waals surface area contributed by atoms with E-state index in [0.29, 0.717) is 40.4 Å². The molecule has 2 saturated carbocycles. The summed E-state index contributed by atoms with van der Waals surface area (Å²) in [4.78, 5) is 22.9. The van der Waals surface area contributed by atoms with Crippen LogP contribution in [0, 0.1) is 5.41 Å². The minimum absolute atomic E-state index is 0.0313. The van der Waals surface area contributed by atoms with Crippen LogP contribution in [0.4, 0.5) is 10.3 Å². The van der Waals surface area contributed by atoms with E-state index in [1.165, 1.54) is 22.7 Å². The largest absolute Gasteiger partial charge is 0.301 e. The quantitative estimate of drug-likeness (QED) is 0.759. The number of hydrogen-bond donors (Lipinski definition) is 2. The Balaban J connectivity index is 1.27. The van der Waals surface area contributed by atoms with Crippen LogP contribution in [0.25, 0.3) is 0 Å². The maximum absolute atomic E-state index is 11.4. The monoisotopic (exact) mass is 406 g/mol. The van der Waals surface area contributed by atoms with Crippen molar-refractivity contribution in [3.8, 4) is 0 Å². The normalized spacial score (nSPS) is 26.3. The van der Waals surface area contributed by atoms with Gasteiger partial charge in [0.25, 0.3) is 0 Å². The molecule has 0 unspecified atom stereocenters. The predicted molar refractivity (Wildman–Crippen MR) is 104 cm³/mol. The zero-order valence-electron chi connectivity index (χ0n) is 15.3. The number of amides is 2. The zero-order chi connectivity index (χ0) is 19.0. The van der Waals surface area contributed by atoms with E-state index in [0.717, 1.165) is 35.7 Å². The average molecular weight is 407 g/mol. The van der Waals surface area contributed by atoms with Gasteiger partial charge in [-0.05, 0) is 31.1 Å². The number of anilines is 2. The summed E-state index contributed by atoms with van der Waals surface area (Å²) >= 11 is 2.98. The molecule has 0 saturated heterocycles. The fraction of sp³-hybridized carbons (Fsp3) is 0.647. The van der Waals surface area contributed by atoms with Crippen molar-refractivity contribution < 1.29 is 9.59 Å². The number of rotatable bonds is 6. The molecular weight excluding hydrogens is 384 g/mol. The Kier molecular flexibility index (Phi) is 4.94. The number of carbonyl (C=O) groups is 2. The minimum Gasteiger partial charge on any atom is -0.301 e. The highest BCUT2D eigenvalue weighted by Gasteiger charge is 2.55. The molecule has 4 rings (SSSR count). The molecular formula is C17H22N6O2S2. The van der Waals surface area contributed by atoms with Crippen LogP contribution in [0.2, 0.25) is 0 Å². The summed E-state index contributed by atoms with van der Waals surface area (Å²) in [6, 6.07) is 0. The van der Waals surface area contributed by atoms with Crippen LogP contribution in [0.3, 0.4) is 0 Å². The summed E-state index contributed by atoms with van der Waals surface area (Å²) in [5, 5.41) is 25.5. The third-order valence-corrected chi connectivity index (χ3v) is 7.43. The fourth-order valence-electron chi connectivity index (χ4n) is 3.97. The Hall–Kier alpha value is -1.94. The van der Waals surface area contributed by atoms with Crippen LogP contribution in [0.15, 0.2) is 0 Å². The van der Waals surface area contributed by atoms with Gasteiger partial charge in [0, 0.05) is 24.7 Å². The minimum atomic E-state index is -0.0313. The second kappa shape index (κ2) is 7.23. The van der Waals surface area contributed by atoms with Crippen molar-refractivity contribution in [3.05, 3.63) is 10.0 Å². The van der Waals surface area contributed by atoms with Gasteiger partial charge in [-0.1, -0.05) is 36.5 Å². The van der Waals surface area contributed by atoms with E-state index >= 15 is 0 Å². The van der Waals surface area contributed by atoms with Crippen LogP contribution < -0.4 is 10.6 Å². The molecule has 2 fully saturated rings. The number of nitrogens with zero attached hydrogens (tertiary/aromatic N) is 4. The van der Waals surface area contributed by atoms with Gasteiger partial charge in [0.1, 0.15) is 10.0 Å². The van der Waals surface area contributed by atoms with E-state index in [1.807, 2.05) is 13.8 Å². The molecule has 0 bridgehead atoms. The first kappa shape index (κ1) is 18.4. The molecule has 27 heavy (non-hydrogen) atoms. The van der Waals surface area contributed by atoms with Crippen LogP contribution in [-0.4, -0.2) is 32.2 Å². The van der Waals surface area contributed by atoms with Gasteiger partial charge in [-0.25, -0.2) is 0 Å². The van der Waals surface area contributed by atoms with Crippen molar-refractivity contribution in [1.82, 2.24) is 20.4 Å².